The molecule has 0 radical (unpaired) electrons. The van der Waals surface area contributed by atoms with Gasteiger partial charge in [0.2, 0.25) is 0 Å². The molecule has 1 saturated heterocycles. The van der Waals surface area contributed by atoms with Gasteiger partial charge >= 0.3 is 0 Å². The number of aryl methyl sites for hydroxylation is 2. The molecule has 3 aromatic rings. The number of ether oxygens (including phenoxy) is 1. The van der Waals surface area contributed by atoms with Crippen LogP contribution in [0.5, 0.6) is 0 Å². The van der Waals surface area contributed by atoms with E-state index in [0.717, 1.165) is 73.5 Å². The van der Waals surface area contributed by atoms with Crippen molar-refractivity contribution >= 4 is 11.3 Å². The normalized spacial score (nSPS) is 20.4. The van der Waals surface area contributed by atoms with Gasteiger partial charge in [0, 0.05) is 37.6 Å². The summed E-state index contributed by atoms with van der Waals surface area (Å²) in [4.78, 5) is 11.7. The van der Waals surface area contributed by atoms with Gasteiger partial charge in [-0.05, 0) is 20.3 Å². The highest BCUT2D eigenvalue weighted by Gasteiger charge is 2.30. The lowest BCUT2D eigenvalue weighted by Crippen LogP contribution is -2.31. The van der Waals surface area contributed by atoms with E-state index in [4.69, 9.17) is 14.2 Å². The number of aromatic nitrogens is 5. The summed E-state index contributed by atoms with van der Waals surface area (Å²) in [6, 6.07) is 0. The molecule has 0 bridgehead atoms. The summed E-state index contributed by atoms with van der Waals surface area (Å²) in [6.07, 6.45) is 3.44. The first-order valence-corrected chi connectivity index (χ1v) is 8.69. The molecular weight excluding hydrogens is 320 g/mol. The number of imidazole rings is 1. The molecule has 1 fully saturated rings. The predicted octanol–water partition coefficient (Wildman–Crippen LogP) is 1.80. The quantitative estimate of drug-likeness (QED) is 0.703. The van der Waals surface area contributed by atoms with Gasteiger partial charge in [-0.15, -0.1) is 0 Å². The number of fused-ring (bicyclic) bond motifs is 2. The number of nitrogens with zero attached hydrogens (tertiary/aromatic N) is 6. The third kappa shape index (κ3) is 2.24. The van der Waals surface area contributed by atoms with Gasteiger partial charge in [-0.25, -0.2) is 14.5 Å². The van der Waals surface area contributed by atoms with Crippen molar-refractivity contribution in [2.45, 2.75) is 39.2 Å². The summed E-state index contributed by atoms with van der Waals surface area (Å²) in [6.45, 7) is 7.09. The Balaban J connectivity index is 1.63. The van der Waals surface area contributed by atoms with E-state index in [0.29, 0.717) is 5.92 Å². The Morgan fingerprint density at radius 1 is 1.28 bits per heavy atom. The van der Waals surface area contributed by atoms with Crippen molar-refractivity contribution in [2.75, 3.05) is 24.7 Å². The van der Waals surface area contributed by atoms with Crippen molar-refractivity contribution < 1.29 is 9.26 Å². The fourth-order valence-corrected chi connectivity index (χ4v) is 3.88. The van der Waals surface area contributed by atoms with Crippen LogP contribution in [0.4, 0.5) is 5.82 Å². The molecule has 0 N–H and O–H groups in total. The SMILES string of the molecule is Cc1noc2c1CN(c1ncnn3c(C)nc([C@@H]4CCOC4)c13)CC2. The molecule has 0 aromatic carbocycles. The van der Waals surface area contributed by atoms with E-state index in [1.165, 1.54) is 5.56 Å². The highest BCUT2D eigenvalue weighted by molar-refractivity contribution is 5.73. The maximum Gasteiger partial charge on any atom is 0.158 e. The zero-order valence-electron chi connectivity index (χ0n) is 14.4. The monoisotopic (exact) mass is 340 g/mol. The molecule has 5 heterocycles. The second-order valence-electron chi connectivity index (χ2n) is 6.79. The second kappa shape index (κ2) is 5.52. The minimum absolute atomic E-state index is 0.311. The largest absolute Gasteiger partial charge is 0.381 e. The Morgan fingerprint density at radius 3 is 3.04 bits per heavy atom. The van der Waals surface area contributed by atoms with E-state index in [2.05, 4.69) is 20.1 Å². The predicted molar refractivity (Wildman–Crippen MR) is 89.7 cm³/mol. The van der Waals surface area contributed by atoms with Gasteiger partial charge in [0.25, 0.3) is 0 Å². The average molecular weight is 340 g/mol. The third-order valence-corrected chi connectivity index (χ3v) is 5.24. The van der Waals surface area contributed by atoms with Gasteiger partial charge in [0.05, 0.1) is 18.0 Å². The van der Waals surface area contributed by atoms with Gasteiger partial charge in [0.1, 0.15) is 23.4 Å². The van der Waals surface area contributed by atoms with Crippen molar-refractivity contribution in [1.82, 2.24) is 24.7 Å². The fraction of sp³-hybridized carbons (Fsp3) is 0.529. The van der Waals surface area contributed by atoms with Gasteiger partial charge in [0.15, 0.2) is 5.82 Å². The van der Waals surface area contributed by atoms with Gasteiger partial charge in [-0.2, -0.15) is 5.10 Å². The van der Waals surface area contributed by atoms with E-state index in [1.807, 2.05) is 18.4 Å². The molecule has 0 saturated carbocycles. The Bertz CT molecular complexity index is 940. The maximum absolute atomic E-state index is 5.58. The summed E-state index contributed by atoms with van der Waals surface area (Å²) in [5, 5.41) is 8.53. The molecular formula is C17H20N6O2. The molecule has 0 amide bonds. The van der Waals surface area contributed by atoms with Crippen molar-refractivity contribution in [3.63, 3.8) is 0 Å². The smallest absolute Gasteiger partial charge is 0.158 e. The molecule has 1 atom stereocenters. The lowest BCUT2D eigenvalue weighted by atomic mass is 10.0. The Kier molecular flexibility index (Phi) is 3.27. The molecule has 8 heteroatoms. The molecule has 2 aliphatic rings. The standard InChI is InChI=1S/C17H20N6O2/c1-10-13-7-22(5-3-14(13)25-21-10)17-16-15(12-4-6-24-8-12)20-11(2)23(16)19-9-18-17/h9,12H,3-8H2,1-2H3/t12-/m1/s1. The average Bonchev–Trinajstić information content (AvgIpc) is 3.35. The third-order valence-electron chi connectivity index (χ3n) is 5.24. The molecule has 3 aromatic heterocycles. The van der Waals surface area contributed by atoms with Gasteiger partial charge in [-0.3, -0.25) is 0 Å². The summed E-state index contributed by atoms with van der Waals surface area (Å²) in [7, 11) is 0. The highest BCUT2D eigenvalue weighted by Crippen LogP contribution is 2.34. The summed E-state index contributed by atoms with van der Waals surface area (Å²) < 4.78 is 12.9. The number of hydrogen-bond acceptors (Lipinski definition) is 7. The van der Waals surface area contributed by atoms with Crippen molar-refractivity contribution in [3.8, 4) is 0 Å². The van der Waals surface area contributed by atoms with Crippen LogP contribution in [-0.2, 0) is 17.7 Å². The zero-order valence-corrected chi connectivity index (χ0v) is 14.4. The highest BCUT2D eigenvalue weighted by atomic mass is 16.5. The Hall–Kier alpha value is -2.48. The van der Waals surface area contributed by atoms with Crippen LogP contribution in [0.1, 0.15) is 40.9 Å². The van der Waals surface area contributed by atoms with Gasteiger partial charge < -0.3 is 14.2 Å². The van der Waals surface area contributed by atoms with Crippen LogP contribution in [0, 0.1) is 13.8 Å². The number of rotatable bonds is 2. The fourth-order valence-electron chi connectivity index (χ4n) is 3.88. The minimum atomic E-state index is 0.311. The molecule has 0 aliphatic carbocycles. The van der Waals surface area contributed by atoms with E-state index in [-0.39, 0.29) is 0 Å². The first kappa shape index (κ1) is 14.8. The molecule has 130 valence electrons. The van der Waals surface area contributed by atoms with E-state index < -0.39 is 0 Å². The van der Waals surface area contributed by atoms with E-state index in [1.54, 1.807) is 6.33 Å². The lowest BCUT2D eigenvalue weighted by Gasteiger charge is -2.27. The van der Waals surface area contributed by atoms with Crippen LogP contribution in [0.25, 0.3) is 5.52 Å². The first-order chi connectivity index (χ1) is 12.2. The van der Waals surface area contributed by atoms with E-state index in [9.17, 15) is 0 Å². The van der Waals surface area contributed by atoms with Crippen molar-refractivity contribution in [3.05, 3.63) is 34.9 Å². The maximum atomic E-state index is 5.58. The molecule has 5 rings (SSSR count). The van der Waals surface area contributed by atoms with Crippen LogP contribution in [0.15, 0.2) is 10.9 Å². The summed E-state index contributed by atoms with van der Waals surface area (Å²) in [5.41, 5.74) is 4.19. The number of hydrogen-bond donors (Lipinski definition) is 0. The molecule has 8 nitrogen and oxygen atoms in total. The summed E-state index contributed by atoms with van der Waals surface area (Å²) >= 11 is 0. The van der Waals surface area contributed by atoms with Crippen LogP contribution in [0.3, 0.4) is 0 Å². The zero-order chi connectivity index (χ0) is 17.0. The van der Waals surface area contributed by atoms with Crippen LogP contribution in [0.2, 0.25) is 0 Å². The number of anilines is 1. The van der Waals surface area contributed by atoms with Crippen LogP contribution < -0.4 is 4.90 Å². The molecule has 0 unspecified atom stereocenters. The van der Waals surface area contributed by atoms with E-state index >= 15 is 0 Å². The molecule has 2 aliphatic heterocycles. The Labute approximate surface area is 144 Å². The topological polar surface area (TPSA) is 81.6 Å². The lowest BCUT2D eigenvalue weighted by molar-refractivity contribution is 0.193. The van der Waals surface area contributed by atoms with Crippen molar-refractivity contribution in [1.29, 1.82) is 0 Å². The Morgan fingerprint density at radius 2 is 2.20 bits per heavy atom. The first-order valence-electron chi connectivity index (χ1n) is 8.69. The van der Waals surface area contributed by atoms with Crippen LogP contribution >= 0.6 is 0 Å². The molecule has 0 spiro atoms. The second-order valence-corrected chi connectivity index (χ2v) is 6.79. The van der Waals surface area contributed by atoms with Crippen LogP contribution in [-0.4, -0.2) is 44.5 Å². The molecule has 25 heavy (non-hydrogen) atoms. The van der Waals surface area contributed by atoms with Gasteiger partial charge in [-0.1, -0.05) is 5.16 Å². The summed E-state index contributed by atoms with van der Waals surface area (Å²) in [5.74, 6) is 3.13. The minimum Gasteiger partial charge on any atom is -0.381 e. The van der Waals surface area contributed by atoms with Crippen molar-refractivity contribution in [2.24, 2.45) is 0 Å².